The van der Waals surface area contributed by atoms with Gasteiger partial charge in [-0.2, -0.15) is 0 Å². The number of nitrogens with one attached hydrogen (secondary N) is 2. The minimum atomic E-state index is -0.414. The van der Waals surface area contributed by atoms with Gasteiger partial charge in [-0.05, 0) is 42.9 Å². The van der Waals surface area contributed by atoms with E-state index in [-0.39, 0.29) is 12.6 Å². The Morgan fingerprint density at radius 1 is 1.30 bits per heavy atom. The van der Waals surface area contributed by atoms with Gasteiger partial charge in [-0.3, -0.25) is 0 Å². The van der Waals surface area contributed by atoms with Crippen LogP contribution in [0, 0.1) is 0 Å². The van der Waals surface area contributed by atoms with Crippen LogP contribution in [-0.4, -0.2) is 36.9 Å². The molecule has 1 saturated carbocycles. The molecule has 0 radical (unpaired) electrons. The molecule has 0 aromatic heterocycles. The lowest BCUT2D eigenvalue weighted by atomic mass is 9.99. The highest BCUT2D eigenvalue weighted by Gasteiger charge is 2.34. The van der Waals surface area contributed by atoms with Crippen molar-refractivity contribution in [3.63, 3.8) is 0 Å². The number of carbonyl (C=O) groups is 1. The summed E-state index contributed by atoms with van der Waals surface area (Å²) in [6.45, 7) is 1.65. The molecule has 3 N–H and O–H groups in total. The third kappa shape index (κ3) is 3.61. The summed E-state index contributed by atoms with van der Waals surface area (Å²) in [5.74, 6) is 0. The van der Waals surface area contributed by atoms with Gasteiger partial charge in [-0.25, -0.2) is 4.79 Å². The van der Waals surface area contributed by atoms with E-state index in [0.29, 0.717) is 6.54 Å². The molecule has 1 aliphatic heterocycles. The van der Waals surface area contributed by atoms with Crippen LogP contribution in [0.25, 0.3) is 0 Å². The molecule has 1 heterocycles. The molecular weight excluding hydrogens is 290 g/mol. The number of aliphatic hydroxyl groups is 1. The zero-order valence-electron chi connectivity index (χ0n) is 13.9. The minimum absolute atomic E-state index is 0.0194. The number of hydrogen-bond donors (Lipinski definition) is 3. The van der Waals surface area contributed by atoms with Crippen LogP contribution in [0.5, 0.6) is 0 Å². The fourth-order valence-electron chi connectivity index (χ4n) is 3.79. The zero-order chi connectivity index (χ0) is 16.3. The standard InChI is InChI=1S/C18H27N3O2/c1-21-10-4-5-15-11-14(6-7-16(15)21)12-19-17(23)20-18(13-22)8-2-3-9-18/h6-7,11,22H,2-5,8-10,12-13H2,1H3,(H2,19,20,23). The quantitative estimate of drug-likeness (QED) is 0.797. The monoisotopic (exact) mass is 317 g/mol. The van der Waals surface area contributed by atoms with Crippen molar-refractivity contribution in [3.05, 3.63) is 29.3 Å². The average Bonchev–Trinajstić information content (AvgIpc) is 3.02. The van der Waals surface area contributed by atoms with Crippen LogP contribution in [0.2, 0.25) is 0 Å². The normalized spacial score (nSPS) is 19.3. The van der Waals surface area contributed by atoms with Gasteiger partial charge in [0.15, 0.2) is 0 Å². The van der Waals surface area contributed by atoms with E-state index in [4.69, 9.17) is 0 Å². The summed E-state index contributed by atoms with van der Waals surface area (Å²) in [7, 11) is 2.12. The van der Waals surface area contributed by atoms with Crippen molar-refractivity contribution in [2.75, 3.05) is 25.1 Å². The third-order valence-corrected chi connectivity index (χ3v) is 5.19. The molecule has 5 nitrogen and oxygen atoms in total. The Hall–Kier alpha value is -1.75. The lowest BCUT2D eigenvalue weighted by Crippen LogP contribution is -2.52. The van der Waals surface area contributed by atoms with Gasteiger partial charge >= 0.3 is 6.03 Å². The number of urea groups is 1. The van der Waals surface area contributed by atoms with Gasteiger partial charge in [0.05, 0.1) is 12.1 Å². The summed E-state index contributed by atoms with van der Waals surface area (Å²) >= 11 is 0. The van der Waals surface area contributed by atoms with Crippen LogP contribution in [0.1, 0.15) is 43.2 Å². The lowest BCUT2D eigenvalue weighted by molar-refractivity contribution is 0.163. The molecule has 3 rings (SSSR count). The average molecular weight is 317 g/mol. The van der Waals surface area contributed by atoms with Crippen molar-refractivity contribution < 1.29 is 9.90 Å². The summed E-state index contributed by atoms with van der Waals surface area (Å²) in [6.07, 6.45) is 6.15. The van der Waals surface area contributed by atoms with Crippen LogP contribution in [0.4, 0.5) is 10.5 Å². The molecule has 5 heteroatoms. The number of fused-ring (bicyclic) bond motifs is 1. The number of aliphatic hydroxyl groups excluding tert-OH is 1. The van der Waals surface area contributed by atoms with Crippen molar-refractivity contribution in [1.82, 2.24) is 10.6 Å². The molecule has 1 aromatic rings. The predicted octanol–water partition coefficient (Wildman–Crippen LogP) is 2.17. The molecule has 1 fully saturated rings. The molecule has 0 saturated heterocycles. The van der Waals surface area contributed by atoms with E-state index in [1.807, 2.05) is 0 Å². The SMILES string of the molecule is CN1CCCc2cc(CNC(=O)NC3(CO)CCCC3)ccc21. The molecule has 0 unspecified atom stereocenters. The van der Waals surface area contributed by atoms with Crippen LogP contribution < -0.4 is 15.5 Å². The lowest BCUT2D eigenvalue weighted by Gasteiger charge is -2.29. The molecule has 2 aliphatic rings. The summed E-state index contributed by atoms with van der Waals surface area (Å²) in [6, 6.07) is 6.24. The maximum Gasteiger partial charge on any atom is 0.315 e. The number of benzene rings is 1. The second-order valence-corrected chi connectivity index (χ2v) is 6.94. The van der Waals surface area contributed by atoms with Crippen LogP contribution in [0.15, 0.2) is 18.2 Å². The summed E-state index contributed by atoms with van der Waals surface area (Å²) in [5.41, 5.74) is 3.37. The highest BCUT2D eigenvalue weighted by atomic mass is 16.3. The largest absolute Gasteiger partial charge is 0.394 e. The first-order chi connectivity index (χ1) is 11.1. The van der Waals surface area contributed by atoms with Gasteiger partial charge in [0.2, 0.25) is 0 Å². The molecule has 0 spiro atoms. The van der Waals surface area contributed by atoms with E-state index >= 15 is 0 Å². The predicted molar refractivity (Wildman–Crippen MR) is 91.7 cm³/mol. The number of rotatable bonds is 4. The number of nitrogens with zero attached hydrogens (tertiary/aromatic N) is 1. The van der Waals surface area contributed by atoms with Gasteiger partial charge in [-0.15, -0.1) is 0 Å². The molecule has 2 amide bonds. The van der Waals surface area contributed by atoms with Gasteiger partial charge in [0.1, 0.15) is 0 Å². The molecule has 126 valence electrons. The first-order valence-electron chi connectivity index (χ1n) is 8.62. The fourth-order valence-corrected chi connectivity index (χ4v) is 3.79. The first-order valence-corrected chi connectivity index (χ1v) is 8.62. The Morgan fingerprint density at radius 3 is 2.83 bits per heavy atom. The number of anilines is 1. The van der Waals surface area contributed by atoms with Crippen LogP contribution in [0.3, 0.4) is 0 Å². The van der Waals surface area contributed by atoms with E-state index in [2.05, 4.69) is 40.8 Å². The Morgan fingerprint density at radius 2 is 2.09 bits per heavy atom. The van der Waals surface area contributed by atoms with Gasteiger partial charge in [-0.1, -0.05) is 25.0 Å². The Kier molecular flexibility index (Phi) is 4.76. The molecular formula is C18H27N3O2. The van der Waals surface area contributed by atoms with Crippen LogP contribution in [-0.2, 0) is 13.0 Å². The topological polar surface area (TPSA) is 64.6 Å². The Bertz CT molecular complexity index is 567. The summed E-state index contributed by atoms with van der Waals surface area (Å²) in [4.78, 5) is 14.4. The second-order valence-electron chi connectivity index (χ2n) is 6.94. The van der Waals surface area contributed by atoms with Crippen molar-refractivity contribution in [2.24, 2.45) is 0 Å². The summed E-state index contributed by atoms with van der Waals surface area (Å²) < 4.78 is 0. The van der Waals surface area contributed by atoms with Gasteiger partial charge < -0.3 is 20.6 Å². The van der Waals surface area contributed by atoms with E-state index in [0.717, 1.165) is 44.2 Å². The highest BCUT2D eigenvalue weighted by molar-refractivity contribution is 5.75. The number of hydrogen-bond acceptors (Lipinski definition) is 3. The molecule has 1 aromatic carbocycles. The number of aryl methyl sites for hydroxylation is 1. The van der Waals surface area contributed by atoms with Crippen LogP contribution >= 0.6 is 0 Å². The molecule has 23 heavy (non-hydrogen) atoms. The first kappa shape index (κ1) is 16.1. The van der Waals surface area contributed by atoms with E-state index in [1.54, 1.807) is 0 Å². The second kappa shape index (κ2) is 6.79. The summed E-state index contributed by atoms with van der Waals surface area (Å²) in [5, 5.41) is 15.5. The maximum atomic E-state index is 12.1. The van der Waals surface area contributed by atoms with E-state index in [1.165, 1.54) is 17.7 Å². The maximum absolute atomic E-state index is 12.1. The highest BCUT2D eigenvalue weighted by Crippen LogP contribution is 2.29. The van der Waals surface area contributed by atoms with Crippen molar-refractivity contribution in [2.45, 2.75) is 50.6 Å². The van der Waals surface area contributed by atoms with Gasteiger partial charge in [0, 0.05) is 25.8 Å². The van der Waals surface area contributed by atoms with Crippen molar-refractivity contribution in [3.8, 4) is 0 Å². The molecule has 0 atom stereocenters. The third-order valence-electron chi connectivity index (χ3n) is 5.19. The molecule has 1 aliphatic carbocycles. The van der Waals surface area contributed by atoms with Gasteiger partial charge in [0.25, 0.3) is 0 Å². The molecule has 0 bridgehead atoms. The smallest absolute Gasteiger partial charge is 0.315 e. The Balaban J connectivity index is 1.57. The fraction of sp³-hybridized carbons (Fsp3) is 0.611. The van der Waals surface area contributed by atoms with E-state index < -0.39 is 5.54 Å². The van der Waals surface area contributed by atoms with E-state index in [9.17, 15) is 9.90 Å². The number of carbonyl (C=O) groups excluding carboxylic acids is 1. The van der Waals surface area contributed by atoms with Crippen molar-refractivity contribution in [1.29, 1.82) is 0 Å². The zero-order valence-corrected chi connectivity index (χ0v) is 13.9. The van der Waals surface area contributed by atoms with Crippen molar-refractivity contribution >= 4 is 11.7 Å². The minimum Gasteiger partial charge on any atom is -0.394 e. The Labute approximate surface area is 138 Å². The number of amides is 2.